The molecule has 0 radical (unpaired) electrons. The maximum absolute atomic E-state index is 7.70. The van der Waals surface area contributed by atoms with E-state index in [0.29, 0.717) is 12.0 Å². The first-order chi connectivity index (χ1) is 4.93. The van der Waals surface area contributed by atoms with Gasteiger partial charge in [-0.1, -0.05) is 20.8 Å². The average molecular weight is 143 g/mol. The summed E-state index contributed by atoms with van der Waals surface area (Å²) < 4.78 is 7.70. The van der Waals surface area contributed by atoms with Gasteiger partial charge in [0.25, 0.3) is 0 Å². The van der Waals surface area contributed by atoms with Crippen molar-refractivity contribution in [3.05, 3.63) is 0 Å². The highest BCUT2D eigenvalue weighted by molar-refractivity contribution is 4.86. The van der Waals surface area contributed by atoms with Crippen LogP contribution in [-0.2, 0) is 0 Å². The molecular weight excluding hydrogens is 124 g/mol. The van der Waals surface area contributed by atoms with E-state index in [0.717, 1.165) is 0 Å². The second-order valence-electron chi connectivity index (χ2n) is 4.14. The largest absolute Gasteiger partial charge is 0.257 e. The van der Waals surface area contributed by atoms with Crippen molar-refractivity contribution in [1.82, 2.24) is 10.9 Å². The second kappa shape index (κ2) is 2.51. The Morgan fingerprint density at radius 1 is 1.50 bits per heavy atom. The van der Waals surface area contributed by atoms with Crippen molar-refractivity contribution < 1.29 is 1.37 Å². The zero-order valence-electron chi connectivity index (χ0n) is 8.23. The lowest BCUT2D eigenvalue weighted by Crippen LogP contribution is -2.33. The molecule has 0 aliphatic carbocycles. The van der Waals surface area contributed by atoms with Gasteiger partial charge in [0.2, 0.25) is 0 Å². The maximum Gasteiger partial charge on any atom is 0.0447 e. The Kier molecular flexibility index (Phi) is 1.66. The van der Waals surface area contributed by atoms with Gasteiger partial charge < -0.3 is 0 Å². The maximum atomic E-state index is 7.70. The van der Waals surface area contributed by atoms with E-state index < -0.39 is 0 Å². The molecule has 0 aromatic carbocycles. The standard InChI is InChI=1S/C8H18N2/c1-6-7(5-9-10-6)8(2,3)4/h6-7,9-10H,5H2,1-4H3/t6-,7-/m0/s1/i5D/t5-,6+,7+/m1. The minimum absolute atomic E-state index is 0.162. The molecule has 2 nitrogen and oxygen atoms in total. The van der Waals surface area contributed by atoms with Gasteiger partial charge in [-0.25, -0.2) is 0 Å². The Bertz CT molecular complexity index is 132. The lowest BCUT2D eigenvalue weighted by atomic mass is 9.78. The second-order valence-corrected chi connectivity index (χ2v) is 4.14. The Morgan fingerprint density at radius 3 is 2.30 bits per heavy atom. The van der Waals surface area contributed by atoms with Crippen molar-refractivity contribution in [3.63, 3.8) is 0 Å². The molecule has 60 valence electrons. The Morgan fingerprint density at radius 2 is 2.10 bits per heavy atom. The van der Waals surface area contributed by atoms with E-state index in [-0.39, 0.29) is 11.9 Å². The number of hydrogen-bond donors (Lipinski definition) is 2. The highest BCUT2D eigenvalue weighted by Crippen LogP contribution is 2.29. The molecule has 1 saturated heterocycles. The van der Waals surface area contributed by atoms with Crippen molar-refractivity contribution >= 4 is 0 Å². The van der Waals surface area contributed by atoms with Crippen LogP contribution in [0.3, 0.4) is 0 Å². The van der Waals surface area contributed by atoms with E-state index in [9.17, 15) is 0 Å². The quantitative estimate of drug-likeness (QED) is 0.531. The van der Waals surface area contributed by atoms with Crippen LogP contribution in [0.15, 0.2) is 0 Å². The van der Waals surface area contributed by atoms with Crippen LogP contribution >= 0.6 is 0 Å². The third kappa shape index (κ3) is 1.50. The van der Waals surface area contributed by atoms with Gasteiger partial charge in [0.05, 0.1) is 0 Å². The highest BCUT2D eigenvalue weighted by atomic mass is 15.4. The van der Waals surface area contributed by atoms with Gasteiger partial charge in [-0.2, -0.15) is 0 Å². The monoisotopic (exact) mass is 143 g/mol. The van der Waals surface area contributed by atoms with Crippen LogP contribution in [-0.4, -0.2) is 12.6 Å². The molecule has 0 aromatic rings. The summed E-state index contributed by atoms with van der Waals surface area (Å²) in [6.45, 7) is 8.52. The van der Waals surface area contributed by atoms with E-state index in [1.54, 1.807) is 0 Å². The summed E-state index contributed by atoms with van der Waals surface area (Å²) >= 11 is 0. The van der Waals surface area contributed by atoms with Crippen LogP contribution in [0, 0.1) is 11.3 Å². The van der Waals surface area contributed by atoms with Crippen LogP contribution in [0.4, 0.5) is 0 Å². The fraction of sp³-hybridized carbons (Fsp3) is 1.00. The summed E-state index contributed by atoms with van der Waals surface area (Å²) in [7, 11) is 0. The first kappa shape index (κ1) is 6.62. The fourth-order valence-corrected chi connectivity index (χ4v) is 1.50. The molecule has 10 heavy (non-hydrogen) atoms. The predicted octanol–water partition coefficient (Wildman–Crippen LogP) is 1.14. The van der Waals surface area contributed by atoms with Gasteiger partial charge in [0.15, 0.2) is 0 Å². The molecule has 0 bridgehead atoms. The summed E-state index contributed by atoms with van der Waals surface area (Å²) in [5.41, 5.74) is 6.24. The molecule has 0 unspecified atom stereocenters. The van der Waals surface area contributed by atoms with Gasteiger partial charge in [-0.05, 0) is 18.3 Å². The van der Waals surface area contributed by atoms with Crippen LogP contribution in [0.1, 0.15) is 29.1 Å². The molecule has 0 saturated carbocycles. The van der Waals surface area contributed by atoms with Crippen LogP contribution in [0.25, 0.3) is 0 Å². The zero-order chi connectivity index (χ0) is 8.65. The van der Waals surface area contributed by atoms with Crippen LogP contribution in [0.5, 0.6) is 0 Å². The minimum Gasteiger partial charge on any atom is -0.257 e. The molecule has 2 heteroatoms. The molecule has 0 spiro atoms. The third-order valence-corrected chi connectivity index (χ3v) is 2.11. The summed E-state index contributed by atoms with van der Waals surface area (Å²) in [6.07, 6.45) is 0. The van der Waals surface area contributed by atoms with Gasteiger partial charge in [0.1, 0.15) is 0 Å². The van der Waals surface area contributed by atoms with Crippen molar-refractivity contribution in [2.75, 3.05) is 6.52 Å². The lowest BCUT2D eigenvalue weighted by molar-refractivity contribution is 0.238. The topological polar surface area (TPSA) is 24.1 Å². The normalized spacial score (nSPS) is 43.6. The molecule has 1 fully saturated rings. The van der Waals surface area contributed by atoms with Crippen molar-refractivity contribution in [3.8, 4) is 0 Å². The van der Waals surface area contributed by atoms with E-state index in [2.05, 4.69) is 38.5 Å². The number of nitrogens with one attached hydrogen (secondary N) is 2. The van der Waals surface area contributed by atoms with Gasteiger partial charge in [-0.15, -0.1) is 0 Å². The molecule has 2 N–H and O–H groups in total. The SMILES string of the molecule is [2H][C@H]1NN[C@@H](C)[C@H]1C(C)(C)C. The van der Waals surface area contributed by atoms with Gasteiger partial charge in [-0.3, -0.25) is 10.9 Å². The molecule has 0 amide bonds. The van der Waals surface area contributed by atoms with Crippen molar-refractivity contribution in [1.29, 1.82) is 0 Å². The summed E-state index contributed by atoms with van der Waals surface area (Å²) in [5.74, 6) is 0.391. The molecule has 1 aliphatic rings. The van der Waals surface area contributed by atoms with Crippen LogP contribution in [0.2, 0.25) is 0 Å². The van der Waals surface area contributed by atoms with Crippen molar-refractivity contribution in [2.24, 2.45) is 11.3 Å². The number of hydrogen-bond acceptors (Lipinski definition) is 2. The molecule has 1 rings (SSSR count). The van der Waals surface area contributed by atoms with Gasteiger partial charge in [0, 0.05) is 13.9 Å². The fourth-order valence-electron chi connectivity index (χ4n) is 1.50. The zero-order valence-corrected chi connectivity index (χ0v) is 7.23. The van der Waals surface area contributed by atoms with Gasteiger partial charge >= 0.3 is 0 Å². The van der Waals surface area contributed by atoms with Crippen molar-refractivity contribution in [2.45, 2.75) is 33.7 Å². The summed E-state index contributed by atoms with van der Waals surface area (Å²) in [6, 6.07) is 0.400. The predicted molar refractivity (Wildman–Crippen MR) is 43.5 cm³/mol. The molecular formula is C8H18N2. The number of rotatable bonds is 0. The van der Waals surface area contributed by atoms with Crippen LogP contribution < -0.4 is 10.9 Å². The molecule has 1 heterocycles. The highest BCUT2D eigenvalue weighted by Gasteiger charge is 2.32. The Hall–Kier alpha value is -0.0800. The lowest BCUT2D eigenvalue weighted by Gasteiger charge is -2.28. The van der Waals surface area contributed by atoms with E-state index in [1.165, 1.54) is 0 Å². The number of hydrazine groups is 1. The average Bonchev–Trinajstić information content (AvgIpc) is 2.08. The molecule has 3 atom stereocenters. The Balaban J connectivity index is 2.69. The summed E-state index contributed by atoms with van der Waals surface area (Å²) in [5, 5.41) is 0. The molecule has 1 aliphatic heterocycles. The minimum atomic E-state index is -0.162. The molecule has 0 aromatic heterocycles. The summed E-state index contributed by atoms with van der Waals surface area (Å²) in [4.78, 5) is 0. The van der Waals surface area contributed by atoms with E-state index in [4.69, 9.17) is 1.37 Å². The Labute approximate surface area is 64.8 Å². The smallest absolute Gasteiger partial charge is 0.0447 e. The first-order valence-electron chi connectivity index (χ1n) is 4.44. The first-order valence-corrected chi connectivity index (χ1v) is 3.86. The van der Waals surface area contributed by atoms with E-state index >= 15 is 0 Å². The third-order valence-electron chi connectivity index (χ3n) is 2.11. The van der Waals surface area contributed by atoms with E-state index in [1.807, 2.05) is 0 Å².